The number of methoxy groups -OCH3 is 2. The van der Waals surface area contributed by atoms with Gasteiger partial charge in [0.25, 0.3) is 5.56 Å². The number of ether oxygens (including phenoxy) is 2. The molecule has 0 amide bonds. The molecule has 0 bridgehead atoms. The summed E-state index contributed by atoms with van der Waals surface area (Å²) in [7, 11) is 3.18. The first-order chi connectivity index (χ1) is 16.1. The van der Waals surface area contributed by atoms with Crippen LogP contribution in [0.5, 0.6) is 11.5 Å². The van der Waals surface area contributed by atoms with Crippen molar-refractivity contribution in [2.75, 3.05) is 14.2 Å². The molecule has 0 N–H and O–H groups in total. The number of para-hydroxylation sites is 1. The van der Waals surface area contributed by atoms with Crippen LogP contribution < -0.4 is 20.5 Å². The SMILES string of the molecule is COc1ccc(Cn2c(-c3ccc(OC)cc3)nc3oc4ccccc4c(=O)c3c2=O)cc1. The first-order valence-electron chi connectivity index (χ1n) is 10.3. The average Bonchev–Trinajstić information content (AvgIpc) is 2.86. The summed E-state index contributed by atoms with van der Waals surface area (Å²) in [4.78, 5) is 31.5. The van der Waals surface area contributed by atoms with E-state index in [9.17, 15) is 9.59 Å². The normalized spacial score (nSPS) is 11.1. The van der Waals surface area contributed by atoms with E-state index in [1.165, 1.54) is 4.57 Å². The zero-order chi connectivity index (χ0) is 22.9. The van der Waals surface area contributed by atoms with Gasteiger partial charge in [-0.05, 0) is 54.1 Å². The van der Waals surface area contributed by atoms with Gasteiger partial charge in [0.1, 0.15) is 22.9 Å². The monoisotopic (exact) mass is 440 g/mol. The molecular formula is C26H20N2O5. The standard InChI is InChI=1S/C26H20N2O5/c1-31-18-11-7-16(8-12-18)15-28-24(17-9-13-19(32-2)14-10-17)27-25-22(26(28)30)23(29)20-5-3-4-6-21(20)33-25/h3-14H,15H2,1-2H3. The molecule has 2 heterocycles. The minimum absolute atomic E-state index is 0.0144. The summed E-state index contributed by atoms with van der Waals surface area (Å²) in [6, 6.07) is 21.4. The van der Waals surface area contributed by atoms with Crippen LogP contribution in [-0.4, -0.2) is 23.8 Å². The third-order valence-corrected chi connectivity index (χ3v) is 5.55. The Labute approximate surface area is 188 Å². The Balaban J connectivity index is 1.79. The summed E-state index contributed by atoms with van der Waals surface area (Å²) < 4.78 is 17.9. The van der Waals surface area contributed by atoms with Gasteiger partial charge >= 0.3 is 0 Å². The molecule has 7 nitrogen and oxygen atoms in total. The Kier molecular flexibility index (Phi) is 5.14. The zero-order valence-corrected chi connectivity index (χ0v) is 18.1. The van der Waals surface area contributed by atoms with Gasteiger partial charge < -0.3 is 13.9 Å². The summed E-state index contributed by atoms with van der Waals surface area (Å²) in [5.74, 6) is 1.79. The fraction of sp³-hybridized carbons (Fsp3) is 0.115. The number of hydrogen-bond acceptors (Lipinski definition) is 6. The van der Waals surface area contributed by atoms with Crippen LogP contribution >= 0.6 is 0 Å². The average molecular weight is 440 g/mol. The summed E-state index contributed by atoms with van der Waals surface area (Å²) >= 11 is 0. The molecule has 0 saturated carbocycles. The van der Waals surface area contributed by atoms with Crippen LogP contribution in [0.3, 0.4) is 0 Å². The number of nitrogens with zero attached hydrogens (tertiary/aromatic N) is 2. The maximum atomic E-state index is 13.7. The molecule has 5 rings (SSSR count). The van der Waals surface area contributed by atoms with E-state index in [1.54, 1.807) is 50.6 Å². The van der Waals surface area contributed by atoms with Crippen molar-refractivity contribution < 1.29 is 13.9 Å². The van der Waals surface area contributed by atoms with Gasteiger partial charge in [-0.15, -0.1) is 0 Å². The zero-order valence-electron chi connectivity index (χ0n) is 18.1. The van der Waals surface area contributed by atoms with Crippen LogP contribution in [-0.2, 0) is 6.54 Å². The number of hydrogen-bond donors (Lipinski definition) is 0. The molecule has 164 valence electrons. The van der Waals surface area contributed by atoms with E-state index in [-0.39, 0.29) is 17.6 Å². The first-order valence-corrected chi connectivity index (χ1v) is 10.3. The highest BCUT2D eigenvalue weighted by molar-refractivity contribution is 5.88. The van der Waals surface area contributed by atoms with Crippen molar-refractivity contribution in [1.82, 2.24) is 9.55 Å². The summed E-state index contributed by atoms with van der Waals surface area (Å²) in [6.45, 7) is 0.222. The maximum Gasteiger partial charge on any atom is 0.269 e. The van der Waals surface area contributed by atoms with Crippen molar-refractivity contribution >= 4 is 22.1 Å². The van der Waals surface area contributed by atoms with Gasteiger partial charge in [0.2, 0.25) is 11.1 Å². The van der Waals surface area contributed by atoms with Gasteiger partial charge in [0.05, 0.1) is 26.2 Å². The van der Waals surface area contributed by atoms with E-state index in [1.807, 2.05) is 36.4 Å². The van der Waals surface area contributed by atoms with Gasteiger partial charge in [-0.1, -0.05) is 24.3 Å². The van der Waals surface area contributed by atoms with E-state index in [4.69, 9.17) is 13.9 Å². The maximum absolute atomic E-state index is 13.7. The Morgan fingerprint density at radius 3 is 2.15 bits per heavy atom. The van der Waals surface area contributed by atoms with Crippen LogP contribution in [0.25, 0.3) is 33.5 Å². The number of aromatic nitrogens is 2. The molecule has 0 radical (unpaired) electrons. The fourth-order valence-electron chi connectivity index (χ4n) is 3.81. The fourth-order valence-corrected chi connectivity index (χ4v) is 3.81. The minimum atomic E-state index is -0.457. The predicted octanol–water partition coefficient (Wildman–Crippen LogP) is 4.24. The number of benzene rings is 3. The largest absolute Gasteiger partial charge is 0.497 e. The van der Waals surface area contributed by atoms with Crippen LogP contribution in [0.1, 0.15) is 5.56 Å². The van der Waals surface area contributed by atoms with Crippen molar-refractivity contribution in [3.05, 3.63) is 98.9 Å². The molecule has 2 aromatic heterocycles. The van der Waals surface area contributed by atoms with E-state index < -0.39 is 11.0 Å². The Hall–Kier alpha value is -4.39. The minimum Gasteiger partial charge on any atom is -0.497 e. The molecule has 3 aromatic carbocycles. The van der Waals surface area contributed by atoms with Crippen molar-refractivity contribution in [1.29, 1.82) is 0 Å². The second kappa shape index (κ2) is 8.27. The molecule has 0 aliphatic rings. The molecule has 0 atom stereocenters. The van der Waals surface area contributed by atoms with Crippen LogP contribution in [0.2, 0.25) is 0 Å². The second-order valence-electron chi connectivity index (χ2n) is 7.51. The molecule has 33 heavy (non-hydrogen) atoms. The summed E-state index contributed by atoms with van der Waals surface area (Å²) in [6.07, 6.45) is 0. The summed E-state index contributed by atoms with van der Waals surface area (Å²) in [5.41, 5.74) is 1.10. The lowest BCUT2D eigenvalue weighted by Crippen LogP contribution is -2.28. The van der Waals surface area contributed by atoms with Crippen LogP contribution in [0.15, 0.2) is 86.8 Å². The van der Waals surface area contributed by atoms with Crippen LogP contribution in [0, 0.1) is 0 Å². The molecule has 7 heteroatoms. The molecule has 0 unspecified atom stereocenters. The highest BCUT2D eigenvalue weighted by Gasteiger charge is 2.19. The Bertz CT molecular complexity index is 1580. The van der Waals surface area contributed by atoms with E-state index >= 15 is 0 Å². The third-order valence-electron chi connectivity index (χ3n) is 5.55. The van der Waals surface area contributed by atoms with E-state index in [0.29, 0.717) is 33.9 Å². The van der Waals surface area contributed by atoms with Crippen molar-refractivity contribution in [2.45, 2.75) is 6.54 Å². The molecular weight excluding hydrogens is 420 g/mol. The first kappa shape index (κ1) is 20.5. The summed E-state index contributed by atoms with van der Waals surface area (Å²) in [5, 5.41) is 0.275. The second-order valence-corrected chi connectivity index (χ2v) is 7.51. The van der Waals surface area contributed by atoms with Crippen LogP contribution in [0.4, 0.5) is 0 Å². The van der Waals surface area contributed by atoms with Crippen molar-refractivity contribution in [2.24, 2.45) is 0 Å². The van der Waals surface area contributed by atoms with Gasteiger partial charge in [-0.2, -0.15) is 4.98 Å². The molecule has 0 spiro atoms. The van der Waals surface area contributed by atoms with Gasteiger partial charge in [0, 0.05) is 5.56 Å². The lowest BCUT2D eigenvalue weighted by Gasteiger charge is -2.14. The number of fused-ring (bicyclic) bond motifs is 2. The Morgan fingerprint density at radius 2 is 1.48 bits per heavy atom. The smallest absolute Gasteiger partial charge is 0.269 e. The highest BCUT2D eigenvalue weighted by Crippen LogP contribution is 2.24. The van der Waals surface area contributed by atoms with Crippen molar-refractivity contribution in [3.63, 3.8) is 0 Å². The molecule has 0 aliphatic carbocycles. The molecule has 0 aliphatic heterocycles. The van der Waals surface area contributed by atoms with Gasteiger partial charge in [-0.3, -0.25) is 14.2 Å². The topological polar surface area (TPSA) is 83.6 Å². The predicted molar refractivity (Wildman–Crippen MR) is 126 cm³/mol. The molecule has 0 fully saturated rings. The van der Waals surface area contributed by atoms with E-state index in [2.05, 4.69) is 4.98 Å². The molecule has 5 aromatic rings. The van der Waals surface area contributed by atoms with Gasteiger partial charge in [0.15, 0.2) is 5.39 Å². The Morgan fingerprint density at radius 1 is 0.848 bits per heavy atom. The lowest BCUT2D eigenvalue weighted by molar-refractivity contribution is 0.414. The highest BCUT2D eigenvalue weighted by atomic mass is 16.5. The number of rotatable bonds is 5. The van der Waals surface area contributed by atoms with Crippen molar-refractivity contribution in [3.8, 4) is 22.9 Å². The molecule has 0 saturated heterocycles. The quantitative estimate of drug-likeness (QED) is 0.380. The van der Waals surface area contributed by atoms with E-state index in [0.717, 1.165) is 5.56 Å². The third kappa shape index (κ3) is 3.63. The lowest BCUT2D eigenvalue weighted by atomic mass is 10.1. The van der Waals surface area contributed by atoms with Gasteiger partial charge in [-0.25, -0.2) is 0 Å².